The fourth-order valence-corrected chi connectivity index (χ4v) is 2.24. The van der Waals surface area contributed by atoms with Crippen LogP contribution in [0.4, 0.5) is 5.69 Å². The van der Waals surface area contributed by atoms with E-state index in [0.717, 1.165) is 5.56 Å². The summed E-state index contributed by atoms with van der Waals surface area (Å²) >= 11 is 5.98. The summed E-state index contributed by atoms with van der Waals surface area (Å²) in [5.41, 5.74) is 1.28. The van der Waals surface area contributed by atoms with Gasteiger partial charge in [-0.2, -0.15) is 0 Å². The standard InChI is InChI=1S/C19H21ClN2O4/c1-13(2)26-17-9-8-14(10-18(17)24-3)11-21-25-12-19(23)22-16-7-5-4-6-15(16)20/h4-11,13H,12H2,1-3H3,(H,22,23)/b21-11-. The van der Waals surface area contributed by atoms with Crippen molar-refractivity contribution in [2.45, 2.75) is 20.0 Å². The molecule has 0 radical (unpaired) electrons. The molecule has 0 unspecified atom stereocenters. The average Bonchev–Trinajstić information content (AvgIpc) is 2.61. The molecular formula is C19H21ClN2O4. The average molecular weight is 377 g/mol. The van der Waals surface area contributed by atoms with E-state index >= 15 is 0 Å². The molecule has 0 saturated carbocycles. The molecule has 0 spiro atoms. The van der Waals surface area contributed by atoms with E-state index in [9.17, 15) is 4.79 Å². The summed E-state index contributed by atoms with van der Waals surface area (Å²) in [4.78, 5) is 16.8. The molecule has 2 rings (SSSR count). The molecule has 0 saturated heterocycles. The van der Waals surface area contributed by atoms with Crippen LogP contribution < -0.4 is 14.8 Å². The minimum absolute atomic E-state index is 0.0448. The predicted octanol–water partition coefficient (Wildman–Crippen LogP) is 4.13. The van der Waals surface area contributed by atoms with Crippen molar-refractivity contribution in [2.75, 3.05) is 19.0 Å². The highest BCUT2D eigenvalue weighted by molar-refractivity contribution is 6.33. The second kappa shape index (κ2) is 9.68. The Morgan fingerprint density at radius 1 is 1.23 bits per heavy atom. The van der Waals surface area contributed by atoms with Crippen molar-refractivity contribution < 1.29 is 19.1 Å². The first kappa shape index (κ1) is 19.6. The number of anilines is 1. The van der Waals surface area contributed by atoms with Crippen LogP contribution >= 0.6 is 11.6 Å². The van der Waals surface area contributed by atoms with Crippen LogP contribution in [0.15, 0.2) is 47.6 Å². The van der Waals surface area contributed by atoms with E-state index in [-0.39, 0.29) is 18.6 Å². The quantitative estimate of drug-likeness (QED) is 0.555. The van der Waals surface area contributed by atoms with E-state index in [1.807, 2.05) is 19.9 Å². The number of carbonyl (C=O) groups is 1. The van der Waals surface area contributed by atoms with Gasteiger partial charge >= 0.3 is 0 Å². The zero-order valence-corrected chi connectivity index (χ0v) is 15.6. The molecule has 0 aliphatic carbocycles. The number of amides is 1. The molecule has 6 nitrogen and oxygen atoms in total. The molecule has 0 heterocycles. The second-order valence-corrected chi connectivity index (χ2v) is 6.02. The summed E-state index contributed by atoms with van der Waals surface area (Å²) in [5.74, 6) is 0.896. The van der Waals surface area contributed by atoms with Crippen molar-refractivity contribution in [1.29, 1.82) is 0 Å². The van der Waals surface area contributed by atoms with Crippen LogP contribution in [0.25, 0.3) is 0 Å². The number of ether oxygens (including phenoxy) is 2. The van der Waals surface area contributed by atoms with Crippen molar-refractivity contribution >= 4 is 29.4 Å². The van der Waals surface area contributed by atoms with Crippen molar-refractivity contribution in [1.82, 2.24) is 0 Å². The summed E-state index contributed by atoms with van der Waals surface area (Å²) in [6, 6.07) is 12.3. The van der Waals surface area contributed by atoms with Gasteiger partial charge in [0.05, 0.1) is 30.1 Å². The van der Waals surface area contributed by atoms with Crippen LogP contribution in [0.3, 0.4) is 0 Å². The van der Waals surface area contributed by atoms with Gasteiger partial charge in [-0.15, -0.1) is 0 Å². The molecule has 1 amide bonds. The molecule has 0 aliphatic rings. The Labute approximate surface area is 157 Å². The van der Waals surface area contributed by atoms with E-state index in [2.05, 4.69) is 10.5 Å². The second-order valence-electron chi connectivity index (χ2n) is 5.61. The summed E-state index contributed by atoms with van der Waals surface area (Å²) in [6.07, 6.45) is 1.54. The van der Waals surface area contributed by atoms with Crippen LogP contribution in [-0.4, -0.2) is 31.9 Å². The lowest BCUT2D eigenvalue weighted by molar-refractivity contribution is -0.120. The van der Waals surface area contributed by atoms with Crippen LogP contribution in [0, 0.1) is 0 Å². The van der Waals surface area contributed by atoms with Crippen molar-refractivity contribution in [2.24, 2.45) is 5.16 Å². The third kappa shape index (κ3) is 5.97. The molecule has 0 bridgehead atoms. The number of carbonyl (C=O) groups excluding carboxylic acids is 1. The molecule has 0 aliphatic heterocycles. The number of methoxy groups -OCH3 is 1. The Morgan fingerprint density at radius 3 is 2.69 bits per heavy atom. The Morgan fingerprint density at radius 2 is 2.00 bits per heavy atom. The Kier molecular flexibility index (Phi) is 7.29. The van der Waals surface area contributed by atoms with Crippen LogP contribution in [0.2, 0.25) is 5.02 Å². The highest BCUT2D eigenvalue weighted by atomic mass is 35.5. The molecule has 0 fully saturated rings. The van der Waals surface area contributed by atoms with Gasteiger partial charge in [0, 0.05) is 5.56 Å². The van der Waals surface area contributed by atoms with Crippen molar-refractivity contribution in [3.8, 4) is 11.5 Å². The summed E-state index contributed by atoms with van der Waals surface area (Å²) in [7, 11) is 1.57. The maximum Gasteiger partial charge on any atom is 0.265 e. The molecule has 7 heteroatoms. The van der Waals surface area contributed by atoms with Gasteiger partial charge in [-0.05, 0) is 44.2 Å². The first-order valence-corrected chi connectivity index (χ1v) is 8.42. The third-order valence-corrected chi connectivity index (χ3v) is 3.50. The van der Waals surface area contributed by atoms with Gasteiger partial charge in [0.2, 0.25) is 0 Å². The topological polar surface area (TPSA) is 69.2 Å². The molecular weight excluding hydrogens is 356 g/mol. The van der Waals surface area contributed by atoms with Gasteiger partial charge in [-0.3, -0.25) is 4.79 Å². The first-order chi connectivity index (χ1) is 12.5. The third-order valence-electron chi connectivity index (χ3n) is 3.17. The fourth-order valence-electron chi connectivity index (χ4n) is 2.06. The first-order valence-electron chi connectivity index (χ1n) is 8.04. The minimum atomic E-state index is -0.353. The molecule has 0 atom stereocenters. The zero-order valence-electron chi connectivity index (χ0n) is 14.9. The van der Waals surface area contributed by atoms with Crippen LogP contribution in [0.1, 0.15) is 19.4 Å². The van der Waals surface area contributed by atoms with Gasteiger partial charge in [0.15, 0.2) is 18.1 Å². The van der Waals surface area contributed by atoms with E-state index in [1.165, 1.54) is 6.21 Å². The van der Waals surface area contributed by atoms with E-state index < -0.39 is 0 Å². The SMILES string of the molecule is COc1cc(/C=N\OCC(=O)Nc2ccccc2Cl)ccc1OC(C)C. The maximum atomic E-state index is 11.8. The monoisotopic (exact) mass is 376 g/mol. The number of nitrogens with zero attached hydrogens (tertiary/aromatic N) is 1. The number of hydrogen-bond donors (Lipinski definition) is 1. The van der Waals surface area contributed by atoms with Crippen LogP contribution in [-0.2, 0) is 9.63 Å². The zero-order chi connectivity index (χ0) is 18.9. The number of hydrogen-bond acceptors (Lipinski definition) is 5. The maximum absolute atomic E-state index is 11.8. The van der Waals surface area contributed by atoms with E-state index in [1.54, 1.807) is 43.5 Å². The molecule has 1 N–H and O–H groups in total. The highest BCUT2D eigenvalue weighted by Gasteiger charge is 2.07. The van der Waals surface area contributed by atoms with Crippen LogP contribution in [0.5, 0.6) is 11.5 Å². The summed E-state index contributed by atoms with van der Waals surface area (Å²) < 4.78 is 11.0. The van der Waals surface area contributed by atoms with Crippen molar-refractivity contribution in [3.05, 3.63) is 53.1 Å². The molecule has 138 valence electrons. The smallest absolute Gasteiger partial charge is 0.265 e. The lowest BCUT2D eigenvalue weighted by Gasteiger charge is -2.13. The van der Waals surface area contributed by atoms with E-state index in [4.69, 9.17) is 25.9 Å². The van der Waals surface area contributed by atoms with Gasteiger partial charge in [-0.1, -0.05) is 28.9 Å². The number of rotatable bonds is 8. The minimum Gasteiger partial charge on any atom is -0.493 e. The molecule has 2 aromatic rings. The highest BCUT2D eigenvalue weighted by Crippen LogP contribution is 2.28. The largest absolute Gasteiger partial charge is 0.493 e. The van der Waals surface area contributed by atoms with Gasteiger partial charge < -0.3 is 19.6 Å². The Bertz CT molecular complexity index is 778. The number of benzene rings is 2. The number of para-hydroxylation sites is 1. The van der Waals surface area contributed by atoms with Gasteiger partial charge in [0.1, 0.15) is 0 Å². The van der Waals surface area contributed by atoms with Crippen molar-refractivity contribution in [3.63, 3.8) is 0 Å². The lowest BCUT2D eigenvalue weighted by Crippen LogP contribution is -2.17. The fraction of sp³-hybridized carbons (Fsp3) is 0.263. The molecule has 2 aromatic carbocycles. The number of oxime groups is 1. The molecule has 0 aromatic heterocycles. The molecule has 26 heavy (non-hydrogen) atoms. The lowest BCUT2D eigenvalue weighted by atomic mass is 10.2. The Hall–Kier alpha value is -2.73. The van der Waals surface area contributed by atoms with Gasteiger partial charge in [-0.25, -0.2) is 0 Å². The summed E-state index contributed by atoms with van der Waals surface area (Å²) in [5, 5.41) is 6.90. The van der Waals surface area contributed by atoms with E-state index in [0.29, 0.717) is 22.2 Å². The number of halogens is 1. The number of nitrogens with one attached hydrogen (secondary N) is 1. The van der Waals surface area contributed by atoms with Gasteiger partial charge in [0.25, 0.3) is 5.91 Å². The summed E-state index contributed by atoms with van der Waals surface area (Å²) in [6.45, 7) is 3.65. The normalized spacial score (nSPS) is 10.8. The Balaban J connectivity index is 1.88. The predicted molar refractivity (Wildman–Crippen MR) is 102 cm³/mol.